The zero-order valence-electron chi connectivity index (χ0n) is 50.3. The summed E-state index contributed by atoms with van der Waals surface area (Å²) in [6.07, 6.45) is -11.9. The predicted octanol–water partition coefficient (Wildman–Crippen LogP) is 7.26. The van der Waals surface area contributed by atoms with Crippen molar-refractivity contribution in [2.45, 2.75) is 160 Å². The Kier molecular flexibility index (Phi) is 19.0. The van der Waals surface area contributed by atoms with Crippen LogP contribution in [0, 0.1) is 16.7 Å². The van der Waals surface area contributed by atoms with Gasteiger partial charge in [-0.05, 0) is 114 Å². The van der Waals surface area contributed by atoms with E-state index >= 15 is 4.79 Å². The topological polar surface area (TPSA) is 293 Å². The Morgan fingerprint density at radius 1 is 0.802 bits per heavy atom. The molecule has 0 unspecified atom stereocenters. The van der Waals surface area contributed by atoms with Gasteiger partial charge in [0.05, 0.1) is 65.6 Å². The second-order valence-corrected chi connectivity index (χ2v) is 24.6. The lowest BCUT2D eigenvalue weighted by Crippen LogP contribution is -2.82. The number of carbonyl (C=O) groups is 7. The van der Waals surface area contributed by atoms with Gasteiger partial charge in [0, 0.05) is 43.5 Å². The smallest absolute Gasteiger partial charge is 0.412 e. The Morgan fingerprint density at radius 3 is 1.99 bits per heavy atom. The molecule has 2 saturated carbocycles. The van der Waals surface area contributed by atoms with Crippen LogP contribution in [0.3, 0.4) is 0 Å². The van der Waals surface area contributed by atoms with Crippen LogP contribution in [-0.2, 0) is 52.3 Å². The number of ether oxygens (including phenoxy) is 7. The number of aliphatic hydroxyl groups is 3. The molecule has 21 heteroatoms. The first kappa shape index (κ1) is 64.3. The molecule has 1 aliphatic heterocycles. The highest BCUT2D eigenvalue weighted by Gasteiger charge is 2.78. The molecule has 3 aliphatic carbocycles. The van der Waals surface area contributed by atoms with Crippen LogP contribution in [0.4, 0.5) is 10.5 Å². The number of nitrogens with zero attached hydrogens (tertiary/aromatic N) is 1. The van der Waals surface area contributed by atoms with Crippen molar-refractivity contribution in [3.63, 3.8) is 0 Å². The molecule has 86 heavy (non-hydrogen) atoms. The molecular formula is C65H78N4O17. The molecule has 8 rings (SSSR count). The number of Topliss-reactive ketones (excluding diaryl/α,β-unsaturated/α-hetero) is 1. The van der Waals surface area contributed by atoms with Gasteiger partial charge < -0.3 is 53.8 Å². The Hall–Kier alpha value is -7.66. The van der Waals surface area contributed by atoms with Crippen molar-refractivity contribution < 1.29 is 82.0 Å². The largest absolute Gasteiger partial charge is 0.456 e. The minimum absolute atomic E-state index is 0.0161. The monoisotopic (exact) mass is 1190 g/mol. The van der Waals surface area contributed by atoms with Gasteiger partial charge in [0.1, 0.15) is 23.9 Å². The highest BCUT2D eigenvalue weighted by molar-refractivity contribution is 6.00. The summed E-state index contributed by atoms with van der Waals surface area (Å²) in [5.74, 6) is -6.72. The molecule has 0 radical (unpaired) electrons. The maximum Gasteiger partial charge on any atom is 0.412 e. The van der Waals surface area contributed by atoms with E-state index in [-0.39, 0.29) is 58.9 Å². The molecule has 3 amide bonds. The number of rotatable bonds is 20. The lowest BCUT2D eigenvalue weighted by molar-refractivity contribution is -0.345. The number of anilines is 1. The highest BCUT2D eigenvalue weighted by atomic mass is 16.6. The van der Waals surface area contributed by atoms with Crippen molar-refractivity contribution in [2.75, 3.05) is 25.6 Å². The van der Waals surface area contributed by atoms with E-state index < -0.39 is 118 Å². The molecule has 21 nitrogen and oxygen atoms in total. The van der Waals surface area contributed by atoms with Gasteiger partial charge in [0.15, 0.2) is 23.6 Å². The molecule has 3 fully saturated rings. The number of methoxy groups -OCH3 is 1. The molecule has 0 aromatic heterocycles. The Morgan fingerprint density at radius 2 is 1.41 bits per heavy atom. The number of hydrogen-bond acceptors (Lipinski definition) is 18. The second-order valence-electron chi connectivity index (χ2n) is 24.6. The molecule has 4 aromatic carbocycles. The molecule has 1 heterocycles. The molecule has 4 aromatic rings. The van der Waals surface area contributed by atoms with Gasteiger partial charge in [-0.15, -0.1) is 0 Å². The fraction of sp³-hybridized carbons (Fsp3) is 0.477. The lowest BCUT2D eigenvalue weighted by atomic mass is 9.44. The first-order valence-corrected chi connectivity index (χ1v) is 28.6. The Bertz CT molecular complexity index is 3240. The summed E-state index contributed by atoms with van der Waals surface area (Å²) < 4.78 is 42.7. The van der Waals surface area contributed by atoms with E-state index in [4.69, 9.17) is 33.2 Å². The zero-order chi connectivity index (χ0) is 62.7. The molecule has 0 spiro atoms. The zero-order valence-corrected chi connectivity index (χ0v) is 50.3. The second kappa shape index (κ2) is 25.4. The van der Waals surface area contributed by atoms with E-state index in [0.29, 0.717) is 29.9 Å². The summed E-state index contributed by atoms with van der Waals surface area (Å²) in [4.78, 5) is 100. The molecular weight excluding hydrogens is 1110 g/mol. The summed E-state index contributed by atoms with van der Waals surface area (Å²) in [6.45, 7) is 16.3. The van der Waals surface area contributed by atoms with E-state index in [0.717, 1.165) is 6.92 Å². The lowest BCUT2D eigenvalue weighted by Gasteiger charge is -2.67. The third-order valence-corrected chi connectivity index (χ3v) is 17.7. The van der Waals surface area contributed by atoms with E-state index in [9.17, 15) is 44.1 Å². The molecule has 6 N–H and O–H groups in total. The van der Waals surface area contributed by atoms with Crippen LogP contribution in [0.15, 0.2) is 132 Å². The molecule has 1 saturated heterocycles. The van der Waals surface area contributed by atoms with Crippen LogP contribution in [0.25, 0.3) is 0 Å². The first-order chi connectivity index (χ1) is 40.5. The maximum absolute atomic E-state index is 16.3. The highest BCUT2D eigenvalue weighted by Crippen LogP contribution is 2.64. The molecule has 4 aliphatic rings. The minimum atomic E-state index is -2.52. The average molecular weight is 1190 g/mol. The van der Waals surface area contributed by atoms with Crippen LogP contribution in [0.1, 0.15) is 133 Å². The van der Waals surface area contributed by atoms with Gasteiger partial charge in [-0.25, -0.2) is 19.8 Å². The minimum Gasteiger partial charge on any atom is -0.456 e. The van der Waals surface area contributed by atoms with Crippen LogP contribution in [0.5, 0.6) is 0 Å². The van der Waals surface area contributed by atoms with E-state index in [1.54, 1.807) is 119 Å². The van der Waals surface area contributed by atoms with Crippen molar-refractivity contribution >= 4 is 53.0 Å². The van der Waals surface area contributed by atoms with Crippen molar-refractivity contribution in [3.05, 3.63) is 149 Å². The number of hydrazone groups is 1. The number of hydrogen-bond donors (Lipinski definition) is 6. The average Bonchev–Trinajstić information content (AvgIpc) is 0.679. The van der Waals surface area contributed by atoms with Crippen molar-refractivity contribution in [3.8, 4) is 0 Å². The number of ketones is 1. The number of esters is 3. The fourth-order valence-electron chi connectivity index (χ4n) is 12.4. The fourth-order valence-corrected chi connectivity index (χ4v) is 12.4. The number of aliphatic hydroxyl groups excluding tert-OH is 2. The summed E-state index contributed by atoms with van der Waals surface area (Å²) in [5.41, 5.74) is -5.29. The van der Waals surface area contributed by atoms with Gasteiger partial charge in [-0.1, -0.05) is 92.7 Å². The van der Waals surface area contributed by atoms with Gasteiger partial charge in [0.2, 0.25) is 5.91 Å². The summed E-state index contributed by atoms with van der Waals surface area (Å²) in [5, 5.41) is 48.3. The number of nitrogens with one attached hydrogen (secondary N) is 3. The summed E-state index contributed by atoms with van der Waals surface area (Å²) in [6, 6.07) is 29.0. The number of benzene rings is 4. The summed E-state index contributed by atoms with van der Waals surface area (Å²) in [7, 11) is 1.63. The van der Waals surface area contributed by atoms with Gasteiger partial charge in [-0.2, -0.15) is 5.10 Å². The Balaban J connectivity index is 1.16. The van der Waals surface area contributed by atoms with Crippen molar-refractivity contribution in [1.29, 1.82) is 0 Å². The maximum atomic E-state index is 16.3. The SMILES string of the molecule is COC(C)(C)CCOC(C)(C)CC(=O)N/N=C(/C)c1ccc(NC(=O)O[C@H]2C(=O)[C@@]3(C)[C@H]([C@H](OC(=O)c4ccccc4)[C@@]4(O)C[C@H](OC(=O)[C@H](O)[C@@H](NC(=O)c5ccccc5)c5ccccc5)C(C)=C2C4(C)C)[C@]2(OC(C)=O)CO[C@@H]2C[C@@H]3O)cc1. The van der Waals surface area contributed by atoms with Gasteiger partial charge in [0.25, 0.3) is 5.91 Å². The molecule has 11 atom stereocenters. The number of carbonyl (C=O) groups excluding carboxylic acids is 7. The molecule has 460 valence electrons. The Labute approximate surface area is 500 Å². The molecule has 2 bridgehead atoms. The van der Waals surface area contributed by atoms with Crippen LogP contribution < -0.4 is 16.1 Å². The van der Waals surface area contributed by atoms with Crippen LogP contribution in [-0.4, -0.2) is 142 Å². The third kappa shape index (κ3) is 13.0. The van der Waals surface area contributed by atoms with E-state index in [2.05, 4.69) is 21.2 Å². The quantitative estimate of drug-likeness (QED) is 0.0167. The normalized spacial score (nSPS) is 26.8. The number of amides is 3. The summed E-state index contributed by atoms with van der Waals surface area (Å²) >= 11 is 0. The number of fused-ring (bicyclic) bond motifs is 5. The van der Waals surface area contributed by atoms with Crippen LogP contribution >= 0.6 is 0 Å². The van der Waals surface area contributed by atoms with E-state index in [1.165, 1.54) is 52.0 Å². The van der Waals surface area contributed by atoms with Gasteiger partial charge >= 0.3 is 24.0 Å². The van der Waals surface area contributed by atoms with E-state index in [1.807, 2.05) is 13.8 Å². The van der Waals surface area contributed by atoms with Crippen molar-refractivity contribution in [1.82, 2.24) is 10.7 Å². The first-order valence-electron chi connectivity index (χ1n) is 28.6. The van der Waals surface area contributed by atoms with Gasteiger partial charge in [-0.3, -0.25) is 24.5 Å². The van der Waals surface area contributed by atoms with Crippen molar-refractivity contribution in [2.24, 2.45) is 21.8 Å². The predicted molar refractivity (Wildman–Crippen MR) is 313 cm³/mol. The third-order valence-electron chi connectivity index (χ3n) is 17.7. The standard InChI is InChI=1S/C65H78N4O17/c1-37-45(83-58(77)51(73)50(41-21-15-12-16-22-41)67-56(75)42-23-17-13-18-24-42)34-65(79)55(85-57(76)43-25-19-14-20-26-43)53-63(10,46(71)33-47-64(53,36-81-47)86-39(3)70)54(74)52(49(37)62(65,8)9)84-59(78)66-44-29-27-40(28-30-44)38(2)68-69-48(72)35-61(6,7)82-32-31-60(4,5)80-11/h12-30,45-47,50-53,55,71,73,79H,31-36H2,1-11H3,(H,66,78)(H,67,75)(H,69,72)/b68-38-/t45-,46-,47+,50-,51+,52+,53-,55-,63+,64-,65-/m0/s1. The van der Waals surface area contributed by atoms with Crippen LogP contribution in [0.2, 0.25) is 0 Å².